The average molecular weight is 258 g/mol. The molecule has 1 aliphatic heterocycles. The number of hydrogen-bond donors (Lipinski definition) is 1. The lowest BCUT2D eigenvalue weighted by atomic mass is 10.1. The van der Waals surface area contributed by atoms with E-state index in [0.29, 0.717) is 5.56 Å². The van der Waals surface area contributed by atoms with Crippen molar-refractivity contribution in [3.8, 4) is 11.3 Å². The molecule has 1 aromatic carbocycles. The Hall–Kier alpha value is -2.37. The topological polar surface area (TPSA) is 75.1 Å². The number of aromatic nitrogens is 2. The number of hydrogen-bond acceptors (Lipinski definition) is 4. The van der Waals surface area contributed by atoms with Gasteiger partial charge in [-0.05, 0) is 13.3 Å². The molecule has 1 fully saturated rings. The number of nitro benzene ring substituents is 1. The number of aryl methyl sites for hydroxylation is 1. The molecule has 1 saturated heterocycles. The van der Waals surface area contributed by atoms with E-state index < -0.39 is 0 Å². The molecule has 0 spiro atoms. The highest BCUT2D eigenvalue weighted by atomic mass is 16.6. The van der Waals surface area contributed by atoms with Gasteiger partial charge in [-0.15, -0.1) is 0 Å². The van der Waals surface area contributed by atoms with E-state index in [1.807, 2.05) is 12.1 Å². The second-order valence-corrected chi connectivity index (χ2v) is 4.74. The Bertz CT molecular complexity index is 631. The van der Waals surface area contributed by atoms with Crippen LogP contribution in [-0.2, 0) is 0 Å². The summed E-state index contributed by atoms with van der Waals surface area (Å²) in [5.41, 5.74) is 2.40. The van der Waals surface area contributed by atoms with Crippen LogP contribution in [0, 0.1) is 17.0 Å². The second-order valence-electron chi connectivity index (χ2n) is 4.74. The molecule has 6 nitrogen and oxygen atoms in total. The number of rotatable bonds is 3. The van der Waals surface area contributed by atoms with Crippen molar-refractivity contribution in [1.29, 1.82) is 0 Å². The maximum Gasteiger partial charge on any atom is 0.272 e. The molecule has 0 aliphatic carbocycles. The van der Waals surface area contributed by atoms with Gasteiger partial charge in [-0.2, -0.15) is 5.10 Å². The van der Waals surface area contributed by atoms with Gasteiger partial charge in [0.15, 0.2) is 5.82 Å². The molecule has 19 heavy (non-hydrogen) atoms. The summed E-state index contributed by atoms with van der Waals surface area (Å²) in [5, 5.41) is 18.1. The maximum absolute atomic E-state index is 10.9. The summed E-state index contributed by atoms with van der Waals surface area (Å²) in [6.45, 7) is 3.79. The number of aromatic amines is 1. The van der Waals surface area contributed by atoms with Crippen molar-refractivity contribution in [2.45, 2.75) is 13.3 Å². The lowest BCUT2D eigenvalue weighted by Gasteiger charge is -2.30. The van der Waals surface area contributed by atoms with E-state index in [9.17, 15) is 10.1 Å². The minimum atomic E-state index is -0.356. The van der Waals surface area contributed by atoms with Gasteiger partial charge in [-0.25, -0.2) is 0 Å². The van der Waals surface area contributed by atoms with Gasteiger partial charge in [-0.1, -0.05) is 12.1 Å². The monoisotopic (exact) mass is 258 g/mol. The molecule has 0 saturated carbocycles. The highest BCUT2D eigenvalue weighted by molar-refractivity contribution is 5.67. The van der Waals surface area contributed by atoms with Gasteiger partial charge >= 0.3 is 0 Å². The predicted octanol–water partition coefficient (Wildman–Crippen LogP) is 2.50. The molecular weight excluding hydrogens is 244 g/mol. The zero-order valence-electron chi connectivity index (χ0n) is 10.6. The Morgan fingerprint density at radius 3 is 2.79 bits per heavy atom. The minimum Gasteiger partial charge on any atom is -0.355 e. The van der Waals surface area contributed by atoms with Crippen molar-refractivity contribution in [3.63, 3.8) is 0 Å². The molecule has 1 aromatic heterocycles. The summed E-state index contributed by atoms with van der Waals surface area (Å²) in [4.78, 5) is 12.8. The van der Waals surface area contributed by atoms with Crippen LogP contribution in [0.4, 0.5) is 11.5 Å². The second kappa shape index (κ2) is 4.38. The largest absolute Gasteiger partial charge is 0.355 e. The Balaban J connectivity index is 1.95. The standard InChI is InChI=1S/C13H14N4O2/c1-9-3-4-10(7-12(9)17(18)19)11-8-13(15-14-11)16-5-2-6-16/h3-4,7-8H,2,5-6H2,1H3,(H,14,15). The first-order valence-corrected chi connectivity index (χ1v) is 6.21. The molecule has 0 radical (unpaired) electrons. The first kappa shape index (κ1) is 11.7. The van der Waals surface area contributed by atoms with E-state index >= 15 is 0 Å². The van der Waals surface area contributed by atoms with Crippen LogP contribution in [0.3, 0.4) is 0 Å². The highest BCUT2D eigenvalue weighted by Gasteiger charge is 2.18. The third-order valence-corrected chi connectivity index (χ3v) is 3.46. The van der Waals surface area contributed by atoms with E-state index in [2.05, 4.69) is 15.1 Å². The highest BCUT2D eigenvalue weighted by Crippen LogP contribution is 2.28. The third-order valence-electron chi connectivity index (χ3n) is 3.46. The minimum absolute atomic E-state index is 0.137. The van der Waals surface area contributed by atoms with Crippen molar-refractivity contribution in [1.82, 2.24) is 10.2 Å². The Morgan fingerprint density at radius 1 is 1.37 bits per heavy atom. The van der Waals surface area contributed by atoms with E-state index in [-0.39, 0.29) is 10.6 Å². The fraction of sp³-hybridized carbons (Fsp3) is 0.308. The lowest BCUT2D eigenvalue weighted by Crippen LogP contribution is -2.37. The smallest absolute Gasteiger partial charge is 0.272 e. The molecule has 0 unspecified atom stereocenters. The lowest BCUT2D eigenvalue weighted by molar-refractivity contribution is -0.385. The average Bonchev–Trinajstić information content (AvgIpc) is 2.76. The normalized spacial score (nSPS) is 14.3. The number of anilines is 1. The van der Waals surface area contributed by atoms with Crippen LogP contribution in [0.5, 0.6) is 0 Å². The summed E-state index contributed by atoms with van der Waals surface area (Å²) in [6.07, 6.45) is 1.19. The van der Waals surface area contributed by atoms with E-state index in [0.717, 1.165) is 30.2 Å². The Kier molecular flexibility index (Phi) is 2.70. The summed E-state index contributed by atoms with van der Waals surface area (Å²) < 4.78 is 0. The zero-order valence-corrected chi connectivity index (χ0v) is 10.6. The Labute approximate surface area is 110 Å². The molecule has 2 aromatic rings. The number of H-pyrrole nitrogens is 1. The molecule has 3 rings (SSSR count). The van der Waals surface area contributed by atoms with Gasteiger partial charge in [0, 0.05) is 36.3 Å². The molecule has 0 amide bonds. The molecule has 98 valence electrons. The van der Waals surface area contributed by atoms with Crippen LogP contribution < -0.4 is 4.90 Å². The molecule has 0 atom stereocenters. The maximum atomic E-state index is 10.9. The van der Waals surface area contributed by atoms with Crippen LogP contribution in [0.2, 0.25) is 0 Å². The molecule has 2 heterocycles. The third kappa shape index (κ3) is 2.05. The quantitative estimate of drug-likeness (QED) is 0.678. The van der Waals surface area contributed by atoms with Crippen LogP contribution in [0.1, 0.15) is 12.0 Å². The van der Waals surface area contributed by atoms with Gasteiger partial charge in [0.1, 0.15) is 0 Å². The molecule has 0 bridgehead atoms. The fourth-order valence-corrected chi connectivity index (χ4v) is 2.14. The number of nitro groups is 1. The van der Waals surface area contributed by atoms with Gasteiger partial charge in [0.25, 0.3) is 5.69 Å². The van der Waals surface area contributed by atoms with Crippen LogP contribution in [-0.4, -0.2) is 28.2 Å². The molecular formula is C13H14N4O2. The first-order chi connectivity index (χ1) is 9.15. The summed E-state index contributed by atoms with van der Waals surface area (Å²) in [7, 11) is 0. The first-order valence-electron chi connectivity index (χ1n) is 6.21. The van der Waals surface area contributed by atoms with Crippen LogP contribution in [0.15, 0.2) is 24.3 Å². The van der Waals surface area contributed by atoms with Crippen molar-refractivity contribution in [2.75, 3.05) is 18.0 Å². The summed E-state index contributed by atoms with van der Waals surface area (Å²) in [6, 6.07) is 7.16. The zero-order chi connectivity index (χ0) is 13.4. The number of nitrogens with one attached hydrogen (secondary N) is 1. The fourth-order valence-electron chi connectivity index (χ4n) is 2.14. The summed E-state index contributed by atoms with van der Waals surface area (Å²) in [5.74, 6) is 0.907. The molecule has 1 N–H and O–H groups in total. The SMILES string of the molecule is Cc1ccc(-c2cc(N3CCC3)n[nH]2)cc1[N+](=O)[O-]. The van der Waals surface area contributed by atoms with Gasteiger partial charge < -0.3 is 4.90 Å². The number of benzene rings is 1. The predicted molar refractivity (Wildman–Crippen MR) is 72.2 cm³/mol. The number of nitrogens with zero attached hydrogens (tertiary/aromatic N) is 3. The van der Waals surface area contributed by atoms with Gasteiger partial charge in [-0.3, -0.25) is 15.2 Å². The van der Waals surface area contributed by atoms with Crippen molar-refractivity contribution in [3.05, 3.63) is 39.9 Å². The van der Waals surface area contributed by atoms with Crippen molar-refractivity contribution in [2.24, 2.45) is 0 Å². The van der Waals surface area contributed by atoms with E-state index in [1.54, 1.807) is 19.1 Å². The van der Waals surface area contributed by atoms with Crippen LogP contribution in [0.25, 0.3) is 11.3 Å². The van der Waals surface area contributed by atoms with E-state index in [4.69, 9.17) is 0 Å². The van der Waals surface area contributed by atoms with E-state index in [1.165, 1.54) is 6.42 Å². The molecule has 1 aliphatic rings. The van der Waals surface area contributed by atoms with Gasteiger partial charge in [0.2, 0.25) is 0 Å². The van der Waals surface area contributed by atoms with Gasteiger partial charge in [0.05, 0.1) is 10.6 Å². The van der Waals surface area contributed by atoms with Crippen molar-refractivity contribution < 1.29 is 4.92 Å². The Morgan fingerprint density at radius 2 is 2.16 bits per heavy atom. The molecule has 6 heteroatoms. The van der Waals surface area contributed by atoms with Crippen LogP contribution >= 0.6 is 0 Å². The van der Waals surface area contributed by atoms with Crippen molar-refractivity contribution >= 4 is 11.5 Å². The summed E-state index contributed by atoms with van der Waals surface area (Å²) >= 11 is 0.